The van der Waals surface area contributed by atoms with E-state index in [0.717, 1.165) is 44.9 Å². The fourth-order valence-electron chi connectivity index (χ4n) is 6.41. The van der Waals surface area contributed by atoms with E-state index in [9.17, 15) is 10.2 Å². The molecule has 3 saturated carbocycles. The number of nitrogens with one attached hydrogen (secondary N) is 1. The van der Waals surface area contributed by atoms with E-state index in [1.165, 1.54) is 5.57 Å². The van der Waals surface area contributed by atoms with E-state index in [4.69, 9.17) is 0 Å². The average molecular weight is 317 g/mol. The van der Waals surface area contributed by atoms with Crippen LogP contribution in [0, 0.1) is 22.7 Å². The highest BCUT2D eigenvalue weighted by molar-refractivity contribution is 5.39. The third-order valence-corrected chi connectivity index (χ3v) is 8.11. The minimum absolute atomic E-state index is 0.0556. The Morgan fingerprint density at radius 2 is 1.78 bits per heavy atom. The number of hydrogen-bond acceptors (Lipinski definition) is 3. The minimum atomic E-state index is -0.725. The Bertz CT molecular complexity index is 582. The molecule has 128 valence electrons. The number of aliphatic hydroxyl groups is 2. The molecule has 0 bridgehead atoms. The van der Waals surface area contributed by atoms with E-state index in [2.05, 4.69) is 31.3 Å². The molecule has 0 amide bonds. The van der Waals surface area contributed by atoms with Gasteiger partial charge in [0.05, 0.1) is 6.10 Å². The van der Waals surface area contributed by atoms with Gasteiger partial charge in [0.15, 0.2) is 0 Å². The fourth-order valence-corrected chi connectivity index (χ4v) is 6.41. The summed E-state index contributed by atoms with van der Waals surface area (Å²) in [5.41, 5.74) is 2.48. The summed E-state index contributed by atoms with van der Waals surface area (Å²) in [7, 11) is 1.90. The van der Waals surface area contributed by atoms with E-state index >= 15 is 0 Å². The molecule has 6 atom stereocenters. The van der Waals surface area contributed by atoms with Gasteiger partial charge in [0, 0.05) is 5.41 Å². The van der Waals surface area contributed by atoms with E-state index in [-0.39, 0.29) is 16.9 Å². The van der Waals surface area contributed by atoms with Crippen molar-refractivity contribution in [3.05, 3.63) is 23.3 Å². The zero-order valence-electron chi connectivity index (χ0n) is 14.7. The molecule has 23 heavy (non-hydrogen) atoms. The lowest BCUT2D eigenvalue weighted by Crippen LogP contribution is -2.57. The molecular weight excluding hydrogens is 286 g/mol. The quantitative estimate of drug-likeness (QED) is 0.651. The van der Waals surface area contributed by atoms with Gasteiger partial charge in [-0.2, -0.15) is 0 Å². The summed E-state index contributed by atoms with van der Waals surface area (Å²) in [5, 5.41) is 24.4. The second-order valence-corrected chi connectivity index (χ2v) is 8.88. The molecule has 2 unspecified atom stereocenters. The van der Waals surface area contributed by atoms with E-state index in [1.807, 2.05) is 7.05 Å². The van der Waals surface area contributed by atoms with Gasteiger partial charge in [-0.1, -0.05) is 37.1 Å². The molecule has 0 radical (unpaired) electrons. The molecule has 0 saturated heterocycles. The molecule has 0 heterocycles. The lowest BCUT2D eigenvalue weighted by molar-refractivity contribution is -0.104. The fraction of sp³-hybridized carbons (Fsp3) is 0.800. The van der Waals surface area contributed by atoms with Crippen molar-refractivity contribution in [3.63, 3.8) is 0 Å². The van der Waals surface area contributed by atoms with Crippen molar-refractivity contribution in [2.24, 2.45) is 22.7 Å². The van der Waals surface area contributed by atoms with Crippen molar-refractivity contribution in [3.8, 4) is 0 Å². The standard InChI is InChI=1S/C20H31NO2/c1-18-9-6-14(22)12-13(18)4-5-15-16(18)7-10-19(2)17(15)8-11-20(19,23)21-3/h4-5,14,16-17,21-23H,6-12H2,1-3H3/t14?,16-,17+,18+,19+,20?/m1/s1. The summed E-state index contributed by atoms with van der Waals surface area (Å²) in [6.07, 6.45) is 11.5. The summed E-state index contributed by atoms with van der Waals surface area (Å²) >= 11 is 0. The molecule has 3 heteroatoms. The minimum Gasteiger partial charge on any atom is -0.393 e. The zero-order valence-corrected chi connectivity index (χ0v) is 14.7. The van der Waals surface area contributed by atoms with Crippen molar-refractivity contribution in [2.75, 3.05) is 7.05 Å². The third-order valence-electron chi connectivity index (χ3n) is 8.11. The van der Waals surface area contributed by atoms with Crippen LogP contribution in [0.15, 0.2) is 23.3 Å². The Morgan fingerprint density at radius 1 is 1.04 bits per heavy atom. The Hall–Kier alpha value is -0.640. The van der Waals surface area contributed by atoms with Crippen molar-refractivity contribution in [2.45, 2.75) is 70.6 Å². The second-order valence-electron chi connectivity index (χ2n) is 8.88. The van der Waals surface area contributed by atoms with Gasteiger partial charge in [-0.25, -0.2) is 0 Å². The molecule has 0 aromatic heterocycles. The Morgan fingerprint density at radius 3 is 2.52 bits per heavy atom. The topological polar surface area (TPSA) is 52.5 Å². The van der Waals surface area contributed by atoms with Crippen molar-refractivity contribution >= 4 is 0 Å². The van der Waals surface area contributed by atoms with Gasteiger partial charge in [-0.3, -0.25) is 5.32 Å². The van der Waals surface area contributed by atoms with Crippen LogP contribution in [0.2, 0.25) is 0 Å². The molecule has 3 nitrogen and oxygen atoms in total. The molecule has 4 aliphatic carbocycles. The van der Waals surface area contributed by atoms with Gasteiger partial charge < -0.3 is 10.2 Å². The summed E-state index contributed by atoms with van der Waals surface area (Å²) in [5.74, 6) is 1.09. The van der Waals surface area contributed by atoms with Gasteiger partial charge >= 0.3 is 0 Å². The highest BCUT2D eigenvalue weighted by Gasteiger charge is 2.61. The molecule has 0 aromatic rings. The van der Waals surface area contributed by atoms with Crippen molar-refractivity contribution in [1.82, 2.24) is 5.32 Å². The highest BCUT2D eigenvalue weighted by Crippen LogP contribution is 2.65. The largest absolute Gasteiger partial charge is 0.393 e. The number of hydrogen-bond donors (Lipinski definition) is 3. The van der Waals surface area contributed by atoms with E-state index in [0.29, 0.717) is 11.8 Å². The maximum Gasteiger partial charge on any atom is 0.121 e. The summed E-state index contributed by atoms with van der Waals surface area (Å²) < 4.78 is 0. The van der Waals surface area contributed by atoms with Crippen LogP contribution in [-0.2, 0) is 0 Å². The Labute approximate surface area is 139 Å². The van der Waals surface area contributed by atoms with Crippen LogP contribution in [0.1, 0.15) is 58.8 Å². The van der Waals surface area contributed by atoms with Crippen molar-refractivity contribution < 1.29 is 10.2 Å². The first kappa shape index (κ1) is 15.9. The van der Waals surface area contributed by atoms with Gasteiger partial charge in [-0.05, 0) is 69.2 Å². The predicted molar refractivity (Wildman–Crippen MR) is 91.7 cm³/mol. The summed E-state index contributed by atoms with van der Waals surface area (Å²) in [4.78, 5) is 0. The lowest BCUT2D eigenvalue weighted by atomic mass is 9.50. The first-order valence-electron chi connectivity index (χ1n) is 9.34. The van der Waals surface area contributed by atoms with Gasteiger partial charge in [0.2, 0.25) is 0 Å². The normalized spacial score (nSPS) is 52.1. The molecule has 3 fully saturated rings. The first-order chi connectivity index (χ1) is 10.8. The van der Waals surface area contributed by atoms with Crippen LogP contribution in [0.3, 0.4) is 0 Å². The lowest BCUT2D eigenvalue weighted by Gasteiger charge is -2.55. The zero-order chi connectivity index (χ0) is 16.5. The molecular formula is C20H31NO2. The first-order valence-corrected chi connectivity index (χ1v) is 9.34. The van der Waals surface area contributed by atoms with Crippen LogP contribution >= 0.6 is 0 Å². The summed E-state index contributed by atoms with van der Waals surface area (Å²) in [6, 6.07) is 0. The predicted octanol–water partition coefficient (Wildman–Crippen LogP) is 3.14. The maximum atomic E-state index is 11.1. The SMILES string of the molecule is CNC1(O)CC[C@H]2C3=CC=C4CC(O)CC[C@]4(C)[C@@H]3CC[C@@]21C. The van der Waals surface area contributed by atoms with E-state index < -0.39 is 5.72 Å². The molecule has 4 aliphatic rings. The second kappa shape index (κ2) is 4.93. The molecule has 0 aromatic carbocycles. The molecule has 3 N–H and O–H groups in total. The number of allylic oxidation sites excluding steroid dienone is 3. The number of aliphatic hydroxyl groups excluding tert-OH is 1. The average Bonchev–Trinajstić information content (AvgIpc) is 2.80. The maximum absolute atomic E-state index is 11.1. The Balaban J connectivity index is 1.74. The van der Waals surface area contributed by atoms with Crippen LogP contribution in [-0.4, -0.2) is 29.1 Å². The van der Waals surface area contributed by atoms with Gasteiger partial charge in [0.1, 0.15) is 5.72 Å². The van der Waals surface area contributed by atoms with Crippen LogP contribution < -0.4 is 5.32 Å². The number of rotatable bonds is 1. The molecule has 4 rings (SSSR count). The highest BCUT2D eigenvalue weighted by atomic mass is 16.3. The van der Waals surface area contributed by atoms with Gasteiger partial charge in [-0.15, -0.1) is 0 Å². The summed E-state index contributed by atoms with van der Waals surface area (Å²) in [6.45, 7) is 4.70. The van der Waals surface area contributed by atoms with Crippen molar-refractivity contribution in [1.29, 1.82) is 0 Å². The van der Waals surface area contributed by atoms with Crippen LogP contribution in [0.4, 0.5) is 0 Å². The van der Waals surface area contributed by atoms with Crippen LogP contribution in [0.25, 0.3) is 0 Å². The molecule has 0 aliphatic heterocycles. The third kappa shape index (κ3) is 1.93. The van der Waals surface area contributed by atoms with Crippen LogP contribution in [0.5, 0.6) is 0 Å². The smallest absolute Gasteiger partial charge is 0.121 e. The monoisotopic (exact) mass is 317 g/mol. The van der Waals surface area contributed by atoms with Gasteiger partial charge in [0.25, 0.3) is 0 Å². The Kier molecular flexibility index (Phi) is 3.40. The number of fused-ring (bicyclic) bond motifs is 5. The van der Waals surface area contributed by atoms with E-state index in [1.54, 1.807) is 5.57 Å². The molecule has 0 spiro atoms.